The van der Waals surface area contributed by atoms with Crippen molar-refractivity contribution in [2.45, 2.75) is 120 Å². The highest BCUT2D eigenvalue weighted by Crippen LogP contribution is 2.68. The summed E-state index contributed by atoms with van der Waals surface area (Å²) in [5.74, 6) is 5.11. The zero-order valence-electron chi connectivity index (χ0n) is 23.5. The average Bonchev–Trinajstić information content (AvgIpc) is 3.09. The Morgan fingerprint density at radius 2 is 1.79 bits per heavy atom. The molecule has 4 rings (SSSR count). The standard InChI is InChI=1S/C31H52N2O/c1-20(2)10-9-11-21(3)24-13-14-25-23-12-15-27-29(5,6)28(33-32-22(4)34)17-19-31(27,8)26(23)16-18-30(24,25)7/h15,20-21,23-26H,9-14,16-19H2,1-8H3,(H,32,34)/t21?,23-,24?,25?,26?,30+,31+/m0/s1. The maximum absolute atomic E-state index is 11.5. The Balaban J connectivity index is 1.54. The molecule has 3 saturated carbocycles. The largest absolute Gasteiger partial charge is 0.274 e. The molecule has 4 aliphatic carbocycles. The molecule has 0 aromatic carbocycles. The maximum atomic E-state index is 11.5. The van der Waals surface area contributed by atoms with Crippen molar-refractivity contribution in [1.82, 2.24) is 5.43 Å². The molecule has 3 fully saturated rings. The predicted octanol–water partition coefficient (Wildman–Crippen LogP) is 8.16. The molecule has 0 spiro atoms. The lowest BCUT2D eigenvalue weighted by molar-refractivity contribution is -0.118. The van der Waals surface area contributed by atoms with E-state index in [0.29, 0.717) is 5.41 Å². The van der Waals surface area contributed by atoms with Crippen molar-refractivity contribution in [1.29, 1.82) is 0 Å². The van der Waals surface area contributed by atoms with Crippen LogP contribution in [0.2, 0.25) is 0 Å². The fraction of sp³-hybridized carbons (Fsp3) is 0.871. The van der Waals surface area contributed by atoms with Crippen LogP contribution in [0.1, 0.15) is 120 Å². The van der Waals surface area contributed by atoms with Crippen molar-refractivity contribution in [3.05, 3.63) is 11.6 Å². The SMILES string of the molecule is CC(=O)NN=C1CC[C@@]2(C)C(=CC[C@H]3C4CCC(C(C)CCCC(C)C)[C@@]4(C)CCC32)C1(C)C. The topological polar surface area (TPSA) is 41.5 Å². The summed E-state index contributed by atoms with van der Waals surface area (Å²) in [5, 5.41) is 4.57. The van der Waals surface area contributed by atoms with E-state index >= 15 is 0 Å². The highest BCUT2D eigenvalue weighted by molar-refractivity contribution is 5.94. The van der Waals surface area contributed by atoms with Gasteiger partial charge in [0.1, 0.15) is 0 Å². The summed E-state index contributed by atoms with van der Waals surface area (Å²) in [5.41, 5.74) is 6.25. The van der Waals surface area contributed by atoms with Gasteiger partial charge >= 0.3 is 0 Å². The smallest absolute Gasteiger partial charge is 0.236 e. The number of hydrogen-bond donors (Lipinski definition) is 1. The molecule has 0 bridgehead atoms. The fourth-order valence-corrected chi connectivity index (χ4v) is 9.60. The molecule has 4 unspecified atom stereocenters. The lowest BCUT2D eigenvalue weighted by Crippen LogP contribution is -2.54. The van der Waals surface area contributed by atoms with Gasteiger partial charge in [-0.15, -0.1) is 0 Å². The summed E-state index contributed by atoms with van der Waals surface area (Å²) in [4.78, 5) is 11.5. The molecular weight excluding hydrogens is 416 g/mol. The highest BCUT2D eigenvalue weighted by Gasteiger charge is 2.60. The van der Waals surface area contributed by atoms with Crippen molar-refractivity contribution in [3.8, 4) is 0 Å². The van der Waals surface area contributed by atoms with E-state index in [-0.39, 0.29) is 16.7 Å². The minimum atomic E-state index is -0.0740. The Hall–Kier alpha value is -1.12. The first kappa shape index (κ1) is 26.0. The third-order valence-corrected chi connectivity index (χ3v) is 11.3. The molecule has 1 N–H and O–H groups in total. The molecule has 0 radical (unpaired) electrons. The second-order valence-corrected chi connectivity index (χ2v) is 14.0. The number of amides is 1. The molecular formula is C31H52N2O. The molecule has 4 aliphatic rings. The Morgan fingerprint density at radius 3 is 2.47 bits per heavy atom. The third kappa shape index (κ3) is 4.32. The first-order chi connectivity index (χ1) is 15.9. The van der Waals surface area contributed by atoms with Gasteiger partial charge in [0.15, 0.2) is 0 Å². The second kappa shape index (κ2) is 9.40. The van der Waals surface area contributed by atoms with Crippen LogP contribution in [0, 0.1) is 51.8 Å². The van der Waals surface area contributed by atoms with Crippen LogP contribution in [-0.2, 0) is 4.79 Å². The van der Waals surface area contributed by atoms with E-state index in [1.807, 2.05) is 0 Å². The van der Waals surface area contributed by atoms with Gasteiger partial charge < -0.3 is 0 Å². The van der Waals surface area contributed by atoms with Crippen LogP contribution >= 0.6 is 0 Å². The van der Waals surface area contributed by atoms with Gasteiger partial charge in [-0.25, -0.2) is 5.43 Å². The summed E-state index contributed by atoms with van der Waals surface area (Å²) in [6.07, 6.45) is 16.0. The molecule has 1 amide bonds. The van der Waals surface area contributed by atoms with Gasteiger partial charge in [-0.1, -0.05) is 79.4 Å². The van der Waals surface area contributed by atoms with E-state index in [2.05, 4.69) is 65.1 Å². The minimum Gasteiger partial charge on any atom is -0.274 e. The molecule has 0 heterocycles. The van der Waals surface area contributed by atoms with Crippen LogP contribution in [0.4, 0.5) is 0 Å². The van der Waals surface area contributed by atoms with Crippen LogP contribution < -0.4 is 5.43 Å². The van der Waals surface area contributed by atoms with E-state index in [4.69, 9.17) is 0 Å². The van der Waals surface area contributed by atoms with Crippen LogP contribution in [0.25, 0.3) is 0 Å². The quantitative estimate of drug-likeness (QED) is 0.310. The van der Waals surface area contributed by atoms with Crippen LogP contribution in [0.15, 0.2) is 16.8 Å². The monoisotopic (exact) mass is 468 g/mol. The summed E-state index contributed by atoms with van der Waals surface area (Å²) in [6.45, 7) is 18.8. The van der Waals surface area contributed by atoms with E-state index in [1.54, 1.807) is 12.5 Å². The van der Waals surface area contributed by atoms with E-state index in [9.17, 15) is 4.79 Å². The highest BCUT2D eigenvalue weighted by atomic mass is 16.2. The van der Waals surface area contributed by atoms with Gasteiger partial charge in [0, 0.05) is 18.1 Å². The second-order valence-electron chi connectivity index (χ2n) is 14.0. The molecule has 0 aromatic rings. The number of nitrogens with one attached hydrogen (secondary N) is 1. The zero-order chi connectivity index (χ0) is 24.9. The lowest BCUT2D eigenvalue weighted by atomic mass is 9.44. The van der Waals surface area contributed by atoms with E-state index in [0.717, 1.165) is 47.6 Å². The number of hydrazone groups is 1. The van der Waals surface area contributed by atoms with Gasteiger partial charge in [0.05, 0.1) is 0 Å². The van der Waals surface area contributed by atoms with Gasteiger partial charge in [-0.2, -0.15) is 5.10 Å². The number of carbonyl (C=O) groups is 1. The average molecular weight is 469 g/mol. The van der Waals surface area contributed by atoms with E-state index in [1.165, 1.54) is 57.8 Å². The molecule has 34 heavy (non-hydrogen) atoms. The molecule has 0 aromatic heterocycles. The summed E-state index contributed by atoms with van der Waals surface area (Å²) < 4.78 is 0. The maximum Gasteiger partial charge on any atom is 0.236 e. The number of allylic oxidation sites excluding steroid dienone is 2. The number of hydrogen-bond acceptors (Lipinski definition) is 2. The van der Waals surface area contributed by atoms with Crippen LogP contribution in [0.5, 0.6) is 0 Å². The Morgan fingerprint density at radius 1 is 1.06 bits per heavy atom. The normalized spacial score (nSPS) is 40.9. The van der Waals surface area contributed by atoms with Gasteiger partial charge in [0.25, 0.3) is 0 Å². The first-order valence-corrected chi connectivity index (χ1v) is 14.5. The van der Waals surface area contributed by atoms with Crippen molar-refractivity contribution < 1.29 is 4.79 Å². The minimum absolute atomic E-state index is 0.0652. The molecule has 7 atom stereocenters. The van der Waals surface area contributed by atoms with Crippen LogP contribution in [-0.4, -0.2) is 11.6 Å². The molecule has 0 saturated heterocycles. The van der Waals surface area contributed by atoms with Gasteiger partial charge in [-0.3, -0.25) is 4.79 Å². The summed E-state index contributed by atoms with van der Waals surface area (Å²) >= 11 is 0. The van der Waals surface area contributed by atoms with Crippen molar-refractivity contribution in [3.63, 3.8) is 0 Å². The zero-order valence-corrected chi connectivity index (χ0v) is 23.5. The molecule has 3 heteroatoms. The van der Waals surface area contributed by atoms with Crippen molar-refractivity contribution in [2.75, 3.05) is 0 Å². The van der Waals surface area contributed by atoms with E-state index < -0.39 is 0 Å². The Bertz CT molecular complexity index is 838. The lowest BCUT2D eigenvalue weighted by Gasteiger charge is -2.60. The summed E-state index contributed by atoms with van der Waals surface area (Å²) in [7, 11) is 0. The molecule has 3 nitrogen and oxygen atoms in total. The van der Waals surface area contributed by atoms with Gasteiger partial charge in [-0.05, 0) is 91.3 Å². The number of rotatable bonds is 6. The fourth-order valence-electron chi connectivity index (χ4n) is 9.60. The Kier molecular flexibility index (Phi) is 7.17. The van der Waals surface area contributed by atoms with Crippen molar-refractivity contribution in [2.24, 2.45) is 56.9 Å². The van der Waals surface area contributed by atoms with Crippen molar-refractivity contribution >= 4 is 11.6 Å². The number of nitrogens with zero attached hydrogens (tertiary/aromatic N) is 1. The van der Waals surface area contributed by atoms with Crippen LogP contribution in [0.3, 0.4) is 0 Å². The molecule has 192 valence electrons. The Labute approximate surface area is 210 Å². The van der Waals surface area contributed by atoms with Gasteiger partial charge in [0.2, 0.25) is 5.91 Å². The first-order valence-electron chi connectivity index (χ1n) is 14.5. The third-order valence-electron chi connectivity index (χ3n) is 11.3. The predicted molar refractivity (Wildman–Crippen MR) is 143 cm³/mol. The number of fused-ring (bicyclic) bond motifs is 5. The summed E-state index contributed by atoms with van der Waals surface area (Å²) in [6, 6.07) is 0. The number of carbonyl (C=O) groups excluding carboxylic acids is 1. The molecule has 0 aliphatic heterocycles.